The quantitative estimate of drug-likeness (QED) is 0.802. The maximum Gasteiger partial charge on any atom is 0.151 e. The number of rotatable bonds is 4. The van der Waals surface area contributed by atoms with Crippen LogP contribution in [0.2, 0.25) is 0 Å². The Morgan fingerprint density at radius 2 is 2.00 bits per heavy atom. The molecule has 0 aromatic heterocycles. The average molecular weight is 233 g/mol. The van der Waals surface area contributed by atoms with E-state index in [1.807, 2.05) is 0 Å². The summed E-state index contributed by atoms with van der Waals surface area (Å²) in [6.45, 7) is 7.21. The van der Waals surface area contributed by atoms with Gasteiger partial charge in [-0.15, -0.1) is 0 Å². The van der Waals surface area contributed by atoms with Gasteiger partial charge >= 0.3 is 0 Å². The van der Waals surface area contributed by atoms with Crippen molar-refractivity contribution in [2.24, 2.45) is 5.41 Å². The molecule has 0 aliphatic carbocycles. The van der Waals surface area contributed by atoms with Crippen LogP contribution in [0.25, 0.3) is 0 Å². The smallest absolute Gasteiger partial charge is 0.151 e. The van der Waals surface area contributed by atoms with Crippen LogP contribution in [0.5, 0.6) is 0 Å². The maximum atomic E-state index is 11.8. The van der Waals surface area contributed by atoms with Crippen molar-refractivity contribution in [2.75, 3.05) is 18.1 Å². The molecule has 0 spiro atoms. The molecule has 0 aromatic rings. The Hall–Kier alpha value is -0.0900. The molecule has 0 radical (unpaired) electrons. The highest BCUT2D eigenvalue weighted by Crippen LogP contribution is 2.20. The molecule has 1 saturated heterocycles. The summed E-state index contributed by atoms with van der Waals surface area (Å²) < 4.78 is 23.6. The molecular weight excluding hydrogens is 210 g/mol. The first kappa shape index (κ1) is 13.0. The van der Waals surface area contributed by atoms with E-state index in [2.05, 4.69) is 26.1 Å². The van der Waals surface area contributed by atoms with Gasteiger partial charge in [-0.2, -0.15) is 0 Å². The second-order valence-electron chi connectivity index (χ2n) is 5.72. The van der Waals surface area contributed by atoms with E-state index < -0.39 is 9.84 Å². The van der Waals surface area contributed by atoms with Crippen LogP contribution in [0.3, 0.4) is 0 Å². The summed E-state index contributed by atoms with van der Waals surface area (Å²) in [6, 6.07) is 0.204. The van der Waals surface area contributed by atoms with Crippen molar-refractivity contribution in [2.45, 2.75) is 46.1 Å². The minimum atomic E-state index is -2.86. The molecule has 1 N–H and O–H groups in total. The van der Waals surface area contributed by atoms with Crippen molar-refractivity contribution in [3.05, 3.63) is 0 Å². The summed E-state index contributed by atoms with van der Waals surface area (Å²) in [4.78, 5) is 0. The lowest BCUT2D eigenvalue weighted by Gasteiger charge is -2.18. The van der Waals surface area contributed by atoms with Crippen LogP contribution in [0.1, 0.15) is 40.0 Å². The minimum Gasteiger partial charge on any atom is -0.313 e. The third-order valence-corrected chi connectivity index (χ3v) is 4.52. The van der Waals surface area contributed by atoms with Gasteiger partial charge in [-0.25, -0.2) is 8.42 Å². The molecule has 0 saturated carbocycles. The van der Waals surface area contributed by atoms with Crippen molar-refractivity contribution in [1.82, 2.24) is 5.32 Å². The average Bonchev–Trinajstić information content (AvgIpc) is 2.52. The summed E-state index contributed by atoms with van der Waals surface area (Å²) in [5.41, 5.74) is 0.107. The normalized spacial score (nSPS) is 23.3. The van der Waals surface area contributed by atoms with Gasteiger partial charge in [0, 0.05) is 6.04 Å². The Morgan fingerprint density at radius 3 is 2.47 bits per heavy atom. The van der Waals surface area contributed by atoms with Gasteiger partial charge < -0.3 is 5.32 Å². The van der Waals surface area contributed by atoms with E-state index in [9.17, 15) is 8.42 Å². The van der Waals surface area contributed by atoms with Gasteiger partial charge in [-0.05, 0) is 31.2 Å². The van der Waals surface area contributed by atoms with Gasteiger partial charge in [0.2, 0.25) is 0 Å². The Bertz CT molecular complexity index is 284. The third kappa shape index (κ3) is 5.52. The van der Waals surface area contributed by atoms with Crippen LogP contribution in [0, 0.1) is 5.41 Å². The number of sulfone groups is 1. The largest absolute Gasteiger partial charge is 0.313 e. The standard InChI is InChI=1S/C11H23NO2S/c1-11(2,3)6-8-15(13,14)9-10-5-4-7-12-10/h10,12H,4-9H2,1-3H3. The molecule has 0 amide bonds. The predicted molar refractivity (Wildman–Crippen MR) is 63.8 cm³/mol. The van der Waals surface area contributed by atoms with Crippen molar-refractivity contribution >= 4 is 9.84 Å². The molecule has 15 heavy (non-hydrogen) atoms. The van der Waals surface area contributed by atoms with Crippen LogP contribution < -0.4 is 5.32 Å². The molecule has 1 aliphatic rings. The van der Waals surface area contributed by atoms with Gasteiger partial charge in [-0.3, -0.25) is 0 Å². The molecule has 1 fully saturated rings. The van der Waals surface area contributed by atoms with Crippen molar-refractivity contribution in [3.63, 3.8) is 0 Å². The van der Waals surface area contributed by atoms with E-state index in [4.69, 9.17) is 0 Å². The zero-order valence-electron chi connectivity index (χ0n) is 10.0. The molecular formula is C11H23NO2S. The number of nitrogens with one attached hydrogen (secondary N) is 1. The predicted octanol–water partition coefficient (Wildman–Crippen LogP) is 1.59. The first-order chi connectivity index (χ1) is 6.79. The van der Waals surface area contributed by atoms with Crippen LogP contribution in [0.4, 0.5) is 0 Å². The van der Waals surface area contributed by atoms with Crippen LogP contribution in [0.15, 0.2) is 0 Å². The highest BCUT2D eigenvalue weighted by Gasteiger charge is 2.23. The molecule has 4 heteroatoms. The summed E-state index contributed by atoms with van der Waals surface area (Å²) in [7, 11) is -2.86. The molecule has 1 atom stereocenters. The Kier molecular flexibility index (Phi) is 4.18. The summed E-state index contributed by atoms with van der Waals surface area (Å²) >= 11 is 0. The topological polar surface area (TPSA) is 46.2 Å². The molecule has 3 nitrogen and oxygen atoms in total. The Balaban J connectivity index is 2.38. The molecule has 1 aliphatic heterocycles. The van der Waals surface area contributed by atoms with Crippen LogP contribution >= 0.6 is 0 Å². The van der Waals surface area contributed by atoms with Crippen molar-refractivity contribution in [3.8, 4) is 0 Å². The minimum absolute atomic E-state index is 0.107. The van der Waals surface area contributed by atoms with E-state index in [0.29, 0.717) is 11.5 Å². The van der Waals surface area contributed by atoms with Crippen molar-refractivity contribution in [1.29, 1.82) is 0 Å². The lowest BCUT2D eigenvalue weighted by molar-refractivity contribution is 0.397. The van der Waals surface area contributed by atoms with Crippen LogP contribution in [-0.4, -0.2) is 32.5 Å². The molecule has 0 aromatic carbocycles. The van der Waals surface area contributed by atoms with Crippen LogP contribution in [-0.2, 0) is 9.84 Å². The highest BCUT2D eigenvalue weighted by molar-refractivity contribution is 7.91. The Labute approximate surface area is 93.6 Å². The van der Waals surface area contributed by atoms with Gasteiger partial charge in [0.25, 0.3) is 0 Å². The first-order valence-corrected chi connectivity index (χ1v) is 7.54. The maximum absolute atomic E-state index is 11.8. The van der Waals surface area contributed by atoms with Crippen molar-refractivity contribution < 1.29 is 8.42 Å². The highest BCUT2D eigenvalue weighted by atomic mass is 32.2. The SMILES string of the molecule is CC(C)(C)CCS(=O)(=O)CC1CCCN1. The monoisotopic (exact) mass is 233 g/mol. The molecule has 1 heterocycles. The fourth-order valence-electron chi connectivity index (χ4n) is 1.75. The Morgan fingerprint density at radius 1 is 1.33 bits per heavy atom. The summed E-state index contributed by atoms with van der Waals surface area (Å²) in [5.74, 6) is 0.651. The van der Waals surface area contributed by atoms with E-state index in [1.54, 1.807) is 0 Å². The van der Waals surface area contributed by atoms with E-state index >= 15 is 0 Å². The van der Waals surface area contributed by atoms with Gasteiger partial charge in [0.05, 0.1) is 11.5 Å². The molecule has 1 unspecified atom stereocenters. The second-order valence-corrected chi connectivity index (χ2v) is 7.95. The van der Waals surface area contributed by atoms with E-state index in [1.165, 1.54) is 0 Å². The first-order valence-electron chi connectivity index (χ1n) is 5.72. The lowest BCUT2D eigenvalue weighted by atomic mass is 9.94. The molecule has 90 valence electrons. The summed E-state index contributed by atoms with van der Waals surface area (Å²) in [6.07, 6.45) is 2.87. The van der Waals surface area contributed by atoms with Gasteiger partial charge in [0.1, 0.15) is 0 Å². The fourth-order valence-corrected chi connectivity index (χ4v) is 3.74. The second kappa shape index (κ2) is 4.83. The zero-order chi connectivity index (χ0) is 11.5. The molecule has 1 rings (SSSR count). The number of hydrogen-bond acceptors (Lipinski definition) is 3. The van der Waals surface area contributed by atoms with Gasteiger partial charge in [0.15, 0.2) is 9.84 Å². The summed E-state index contributed by atoms with van der Waals surface area (Å²) in [5, 5.41) is 3.23. The van der Waals surface area contributed by atoms with E-state index in [0.717, 1.165) is 25.8 Å². The van der Waals surface area contributed by atoms with Gasteiger partial charge in [-0.1, -0.05) is 20.8 Å². The zero-order valence-corrected chi connectivity index (χ0v) is 10.9. The lowest BCUT2D eigenvalue weighted by Crippen LogP contribution is -2.31. The number of hydrogen-bond donors (Lipinski definition) is 1. The molecule has 0 bridgehead atoms. The third-order valence-electron chi connectivity index (χ3n) is 2.78. The fraction of sp³-hybridized carbons (Fsp3) is 1.00. The van der Waals surface area contributed by atoms with E-state index in [-0.39, 0.29) is 11.5 Å².